The summed E-state index contributed by atoms with van der Waals surface area (Å²) in [4.78, 5) is 0. The van der Waals surface area contributed by atoms with Crippen molar-refractivity contribution in [3.63, 3.8) is 0 Å². The molecule has 112 valence electrons. The minimum atomic E-state index is -0.654. The first-order chi connectivity index (χ1) is 10.0. The highest BCUT2D eigenvalue weighted by atomic mass is 79.9. The zero-order chi connectivity index (χ0) is 15.4. The van der Waals surface area contributed by atoms with Crippen LogP contribution < -0.4 is 4.74 Å². The van der Waals surface area contributed by atoms with Crippen LogP contribution in [0.4, 0.5) is 0 Å². The largest absolute Gasteiger partial charge is 0.488 e. The molecule has 1 unspecified atom stereocenters. The third-order valence-corrected chi connectivity index (χ3v) is 4.76. The van der Waals surface area contributed by atoms with Crippen LogP contribution in [0.25, 0.3) is 0 Å². The van der Waals surface area contributed by atoms with Gasteiger partial charge in [-0.15, -0.1) is 0 Å². The van der Waals surface area contributed by atoms with E-state index in [2.05, 4.69) is 54.7 Å². The molecule has 0 bridgehead atoms. The molecule has 5 heteroatoms. The molecule has 0 fully saturated rings. The molecule has 1 N–H and O–H groups in total. The van der Waals surface area contributed by atoms with Crippen LogP contribution in [0.5, 0.6) is 5.75 Å². The van der Waals surface area contributed by atoms with Gasteiger partial charge in [0.1, 0.15) is 18.5 Å². The van der Waals surface area contributed by atoms with E-state index >= 15 is 0 Å². The molecule has 2 rings (SSSR count). The first-order valence-corrected chi connectivity index (χ1v) is 8.93. The molecular formula is C16H15Br3O2. The van der Waals surface area contributed by atoms with Gasteiger partial charge in [-0.3, -0.25) is 0 Å². The monoisotopic (exact) mass is 476 g/mol. The van der Waals surface area contributed by atoms with Crippen LogP contribution >= 0.6 is 47.8 Å². The van der Waals surface area contributed by atoms with Crippen LogP contribution in [-0.2, 0) is 6.42 Å². The van der Waals surface area contributed by atoms with Crippen LogP contribution in [0.2, 0.25) is 0 Å². The summed E-state index contributed by atoms with van der Waals surface area (Å²) in [7, 11) is 0. The Labute approximate surface area is 149 Å². The molecule has 2 nitrogen and oxygen atoms in total. The topological polar surface area (TPSA) is 29.5 Å². The molecule has 2 aromatic carbocycles. The van der Waals surface area contributed by atoms with E-state index < -0.39 is 6.10 Å². The molecule has 0 heterocycles. The van der Waals surface area contributed by atoms with Gasteiger partial charge in [0.2, 0.25) is 0 Å². The number of rotatable bonds is 5. The van der Waals surface area contributed by atoms with Crippen molar-refractivity contribution in [3.05, 3.63) is 60.9 Å². The van der Waals surface area contributed by atoms with Crippen molar-refractivity contribution in [1.82, 2.24) is 0 Å². The third-order valence-electron chi connectivity index (χ3n) is 3.12. The number of aliphatic hydroxyl groups excluding tert-OH is 1. The van der Waals surface area contributed by atoms with Gasteiger partial charge >= 0.3 is 0 Å². The summed E-state index contributed by atoms with van der Waals surface area (Å²) < 4.78 is 8.34. The lowest BCUT2D eigenvalue weighted by atomic mass is 10.1. The van der Waals surface area contributed by atoms with Crippen molar-refractivity contribution in [1.29, 1.82) is 0 Å². The molecule has 0 aliphatic heterocycles. The number of aliphatic hydroxyl groups is 1. The summed E-state index contributed by atoms with van der Waals surface area (Å²) >= 11 is 10.3. The van der Waals surface area contributed by atoms with Crippen LogP contribution in [0.1, 0.15) is 24.2 Å². The van der Waals surface area contributed by atoms with E-state index in [1.165, 1.54) is 5.56 Å². The van der Waals surface area contributed by atoms with Crippen molar-refractivity contribution in [3.8, 4) is 5.75 Å². The van der Waals surface area contributed by atoms with Crippen molar-refractivity contribution < 1.29 is 9.84 Å². The van der Waals surface area contributed by atoms with Gasteiger partial charge in [-0.25, -0.2) is 0 Å². The van der Waals surface area contributed by atoms with Gasteiger partial charge in [-0.2, -0.15) is 0 Å². The summed E-state index contributed by atoms with van der Waals surface area (Å²) in [5.41, 5.74) is 2.11. The Kier molecular flexibility index (Phi) is 6.29. The fourth-order valence-electron chi connectivity index (χ4n) is 1.90. The summed E-state index contributed by atoms with van der Waals surface area (Å²) in [5.74, 6) is 0.683. The SMILES string of the molecule is CCc1ccc(C(O)COc2c(Br)cc(Br)cc2Br)cc1. The Hall–Kier alpha value is -0.360. The van der Waals surface area contributed by atoms with E-state index in [1.807, 2.05) is 36.4 Å². The lowest BCUT2D eigenvalue weighted by molar-refractivity contribution is 0.107. The molecule has 2 aromatic rings. The Balaban J connectivity index is 2.05. The molecular weight excluding hydrogens is 464 g/mol. The molecule has 0 spiro atoms. The highest BCUT2D eigenvalue weighted by molar-refractivity contribution is 9.11. The summed E-state index contributed by atoms with van der Waals surface area (Å²) in [6.45, 7) is 2.31. The lowest BCUT2D eigenvalue weighted by Gasteiger charge is -2.15. The molecule has 1 atom stereocenters. The van der Waals surface area contributed by atoms with E-state index in [4.69, 9.17) is 4.74 Å². The summed E-state index contributed by atoms with van der Waals surface area (Å²) in [5, 5.41) is 10.2. The maximum atomic E-state index is 10.2. The van der Waals surface area contributed by atoms with E-state index in [9.17, 15) is 5.11 Å². The summed E-state index contributed by atoms with van der Waals surface area (Å²) in [6.07, 6.45) is 0.337. The number of ether oxygens (including phenoxy) is 1. The Morgan fingerprint density at radius 3 is 2.14 bits per heavy atom. The van der Waals surface area contributed by atoms with Gasteiger partial charge in [0, 0.05) is 4.47 Å². The molecule has 0 aliphatic rings. The van der Waals surface area contributed by atoms with Gasteiger partial charge in [-0.05, 0) is 61.5 Å². The smallest absolute Gasteiger partial charge is 0.147 e. The van der Waals surface area contributed by atoms with Crippen LogP contribution in [0.15, 0.2) is 49.8 Å². The fraction of sp³-hybridized carbons (Fsp3) is 0.250. The van der Waals surface area contributed by atoms with Crippen LogP contribution in [0, 0.1) is 0 Å². The Morgan fingerprint density at radius 1 is 1.05 bits per heavy atom. The predicted octanol–water partition coefficient (Wildman–Crippen LogP) is 5.65. The van der Waals surface area contributed by atoms with Gasteiger partial charge in [0.05, 0.1) is 8.95 Å². The molecule has 0 amide bonds. The van der Waals surface area contributed by atoms with E-state index in [1.54, 1.807) is 0 Å². The molecule has 0 saturated heterocycles. The minimum Gasteiger partial charge on any atom is -0.488 e. The number of halogens is 3. The standard InChI is InChI=1S/C16H15Br3O2/c1-2-10-3-5-11(6-4-10)15(20)9-21-16-13(18)7-12(17)8-14(16)19/h3-8,15,20H,2,9H2,1H3. The van der Waals surface area contributed by atoms with Crippen molar-refractivity contribution in [2.45, 2.75) is 19.4 Å². The Morgan fingerprint density at radius 2 is 1.62 bits per heavy atom. The molecule has 0 aliphatic carbocycles. The van der Waals surface area contributed by atoms with E-state index in [-0.39, 0.29) is 6.61 Å². The number of benzene rings is 2. The van der Waals surface area contributed by atoms with Gasteiger partial charge < -0.3 is 9.84 Å². The summed E-state index contributed by atoms with van der Waals surface area (Å²) in [6, 6.07) is 11.8. The second kappa shape index (κ2) is 7.77. The van der Waals surface area contributed by atoms with Crippen LogP contribution in [0.3, 0.4) is 0 Å². The molecule has 21 heavy (non-hydrogen) atoms. The first-order valence-electron chi connectivity index (χ1n) is 6.55. The highest BCUT2D eigenvalue weighted by Gasteiger charge is 2.12. The molecule has 0 saturated carbocycles. The third kappa shape index (κ3) is 4.55. The van der Waals surface area contributed by atoms with Crippen LogP contribution in [-0.4, -0.2) is 11.7 Å². The van der Waals surface area contributed by atoms with Crippen molar-refractivity contribution >= 4 is 47.8 Å². The highest BCUT2D eigenvalue weighted by Crippen LogP contribution is 2.36. The molecule has 0 aromatic heterocycles. The second-order valence-corrected chi connectivity index (χ2v) is 7.24. The van der Waals surface area contributed by atoms with E-state index in [0.29, 0.717) is 5.75 Å². The van der Waals surface area contributed by atoms with Gasteiger partial charge in [0.15, 0.2) is 0 Å². The van der Waals surface area contributed by atoms with Gasteiger partial charge in [0.25, 0.3) is 0 Å². The normalized spacial score (nSPS) is 12.2. The number of hydrogen-bond donors (Lipinski definition) is 1. The fourth-order valence-corrected chi connectivity index (χ4v) is 4.39. The average molecular weight is 479 g/mol. The van der Waals surface area contributed by atoms with E-state index in [0.717, 1.165) is 25.4 Å². The minimum absolute atomic E-state index is 0.199. The average Bonchev–Trinajstić information content (AvgIpc) is 2.46. The zero-order valence-corrected chi connectivity index (χ0v) is 16.2. The zero-order valence-electron chi connectivity index (χ0n) is 11.4. The van der Waals surface area contributed by atoms with Gasteiger partial charge in [-0.1, -0.05) is 47.1 Å². The maximum Gasteiger partial charge on any atom is 0.147 e. The lowest BCUT2D eigenvalue weighted by Crippen LogP contribution is -2.10. The first kappa shape index (κ1) is 17.0. The predicted molar refractivity (Wildman–Crippen MR) is 95.8 cm³/mol. The second-order valence-electron chi connectivity index (χ2n) is 4.62. The van der Waals surface area contributed by atoms with Crippen molar-refractivity contribution in [2.24, 2.45) is 0 Å². The number of aryl methyl sites for hydroxylation is 1. The number of hydrogen-bond acceptors (Lipinski definition) is 2. The molecule has 0 radical (unpaired) electrons. The maximum absolute atomic E-state index is 10.2. The Bertz CT molecular complexity index is 588. The van der Waals surface area contributed by atoms with Crippen molar-refractivity contribution in [2.75, 3.05) is 6.61 Å². The quantitative estimate of drug-likeness (QED) is 0.601.